The van der Waals surface area contributed by atoms with Crippen molar-refractivity contribution in [1.29, 1.82) is 0 Å². The van der Waals surface area contributed by atoms with Gasteiger partial charge < -0.3 is 29.4 Å². The van der Waals surface area contributed by atoms with Crippen LogP contribution in [0, 0.1) is 11.6 Å². The van der Waals surface area contributed by atoms with E-state index in [0.717, 1.165) is 12.1 Å². The predicted molar refractivity (Wildman–Crippen MR) is 107 cm³/mol. The second kappa shape index (κ2) is 10.0. The minimum Gasteiger partial charge on any atom is -0.487 e. The third-order valence-electron chi connectivity index (χ3n) is 4.09. The first-order valence-electron chi connectivity index (χ1n) is 9.12. The summed E-state index contributed by atoms with van der Waals surface area (Å²) in [4.78, 5) is 4.29. The number of hydrogen-bond acceptors (Lipinski definition) is 7. The molecular formula is C21H22F2N2O5. The highest BCUT2D eigenvalue weighted by atomic mass is 19.1. The Morgan fingerprint density at radius 1 is 0.833 bits per heavy atom. The van der Waals surface area contributed by atoms with Crippen LogP contribution in [0.5, 0.6) is 23.0 Å². The Hall–Kier alpha value is -3.17. The summed E-state index contributed by atoms with van der Waals surface area (Å²) in [5.74, 6) is -1.32. The molecule has 0 atom stereocenters. The second-order valence-electron chi connectivity index (χ2n) is 6.22. The summed E-state index contributed by atoms with van der Waals surface area (Å²) in [7, 11) is 3.13. The van der Waals surface area contributed by atoms with Gasteiger partial charge in [-0.3, -0.25) is 4.98 Å². The van der Waals surface area contributed by atoms with Crippen molar-refractivity contribution in [3.05, 3.63) is 48.2 Å². The highest BCUT2D eigenvalue weighted by Gasteiger charge is 2.17. The highest BCUT2D eigenvalue weighted by molar-refractivity contribution is 5.88. The number of nitrogens with zero attached hydrogens (tertiary/aromatic N) is 1. The Morgan fingerprint density at radius 2 is 1.43 bits per heavy atom. The van der Waals surface area contributed by atoms with E-state index in [4.69, 9.17) is 29.4 Å². The van der Waals surface area contributed by atoms with Gasteiger partial charge in [0.15, 0.2) is 28.9 Å². The molecule has 0 fully saturated rings. The summed E-state index contributed by atoms with van der Waals surface area (Å²) in [5, 5.41) is 0.486. The molecule has 0 radical (unpaired) electrons. The van der Waals surface area contributed by atoms with Gasteiger partial charge in [-0.2, -0.15) is 0 Å². The number of halogens is 2. The third-order valence-corrected chi connectivity index (χ3v) is 4.09. The van der Waals surface area contributed by atoms with E-state index in [2.05, 4.69) is 4.98 Å². The quantitative estimate of drug-likeness (QED) is 0.393. The molecule has 2 N–H and O–H groups in total. The van der Waals surface area contributed by atoms with E-state index < -0.39 is 17.4 Å². The molecule has 0 spiro atoms. The number of rotatable bonds is 10. The van der Waals surface area contributed by atoms with Crippen molar-refractivity contribution in [2.45, 2.75) is 0 Å². The maximum Gasteiger partial charge on any atom is 0.198 e. The van der Waals surface area contributed by atoms with E-state index in [-0.39, 0.29) is 18.0 Å². The van der Waals surface area contributed by atoms with Crippen LogP contribution in [0.2, 0.25) is 0 Å². The van der Waals surface area contributed by atoms with Crippen molar-refractivity contribution < 1.29 is 32.5 Å². The van der Waals surface area contributed by atoms with Gasteiger partial charge >= 0.3 is 0 Å². The number of benzene rings is 2. The lowest BCUT2D eigenvalue weighted by Crippen LogP contribution is -2.08. The second-order valence-corrected chi connectivity index (χ2v) is 6.22. The summed E-state index contributed by atoms with van der Waals surface area (Å²) in [6, 6.07) is 6.78. The van der Waals surface area contributed by atoms with Crippen molar-refractivity contribution in [3.63, 3.8) is 0 Å². The fraction of sp³-hybridized carbons (Fsp3) is 0.286. The average Bonchev–Trinajstić information content (AvgIpc) is 2.71. The van der Waals surface area contributed by atoms with Crippen LogP contribution >= 0.6 is 0 Å². The molecule has 7 nitrogen and oxygen atoms in total. The Kier molecular flexibility index (Phi) is 7.21. The number of fused-ring (bicyclic) bond motifs is 1. The largest absolute Gasteiger partial charge is 0.487 e. The van der Waals surface area contributed by atoms with E-state index in [9.17, 15) is 8.78 Å². The molecule has 0 saturated heterocycles. The molecule has 0 aliphatic carbocycles. The predicted octanol–water partition coefficient (Wildman–Crippen LogP) is 3.94. The van der Waals surface area contributed by atoms with Gasteiger partial charge in [0, 0.05) is 49.7 Å². The highest BCUT2D eigenvalue weighted by Crippen LogP contribution is 2.38. The molecule has 0 unspecified atom stereocenters. The lowest BCUT2D eigenvalue weighted by Gasteiger charge is -2.15. The summed E-state index contributed by atoms with van der Waals surface area (Å²) >= 11 is 0. The van der Waals surface area contributed by atoms with Crippen LogP contribution in [0.15, 0.2) is 36.5 Å². The molecule has 1 heterocycles. The van der Waals surface area contributed by atoms with E-state index in [1.165, 1.54) is 12.3 Å². The minimum absolute atomic E-state index is 0.0383. The lowest BCUT2D eigenvalue weighted by atomic mass is 10.1. The number of aromatic nitrogens is 1. The van der Waals surface area contributed by atoms with E-state index in [1.807, 2.05) is 0 Å². The zero-order chi connectivity index (χ0) is 21.5. The summed E-state index contributed by atoms with van der Waals surface area (Å²) in [6.45, 7) is 1.34. The molecule has 0 bridgehead atoms. The first-order valence-corrected chi connectivity index (χ1v) is 9.12. The summed E-state index contributed by atoms with van der Waals surface area (Å²) in [6.07, 6.45) is 1.47. The molecule has 3 aromatic rings. The van der Waals surface area contributed by atoms with Gasteiger partial charge in [-0.25, -0.2) is 8.78 Å². The Bertz CT molecular complexity index is 993. The summed E-state index contributed by atoms with van der Waals surface area (Å²) in [5.41, 5.74) is 5.92. The normalized spacial score (nSPS) is 10.9. The number of ether oxygens (including phenoxy) is 5. The van der Waals surface area contributed by atoms with Crippen LogP contribution in [0.3, 0.4) is 0 Å². The van der Waals surface area contributed by atoms with Crippen molar-refractivity contribution in [1.82, 2.24) is 4.98 Å². The van der Waals surface area contributed by atoms with Gasteiger partial charge in [0.2, 0.25) is 0 Å². The van der Waals surface area contributed by atoms with Gasteiger partial charge in [-0.15, -0.1) is 0 Å². The molecule has 0 aliphatic heterocycles. The Labute approximate surface area is 172 Å². The maximum absolute atomic E-state index is 14.2. The van der Waals surface area contributed by atoms with Crippen molar-refractivity contribution >= 4 is 16.6 Å². The topological polar surface area (TPSA) is 85.1 Å². The zero-order valence-corrected chi connectivity index (χ0v) is 16.6. The molecule has 30 heavy (non-hydrogen) atoms. The standard InChI is InChI=1S/C21H22F2N2O5/c1-26-5-7-28-19-11-14-17(12-20(19)29-8-6-27-2)25-4-3-18(14)30-21-15(22)9-13(24)10-16(21)23/h3-4,9-12H,5-8,24H2,1-2H3. The molecule has 3 rings (SSSR count). The van der Waals surface area contributed by atoms with Gasteiger partial charge in [-0.05, 0) is 12.1 Å². The van der Waals surface area contributed by atoms with Crippen LogP contribution in [0.25, 0.3) is 10.9 Å². The Morgan fingerprint density at radius 3 is 2.03 bits per heavy atom. The van der Waals surface area contributed by atoms with Gasteiger partial charge in [-0.1, -0.05) is 0 Å². The average molecular weight is 420 g/mol. The van der Waals surface area contributed by atoms with Crippen LogP contribution in [-0.4, -0.2) is 45.6 Å². The monoisotopic (exact) mass is 420 g/mol. The number of nitrogen functional groups attached to an aromatic ring is 1. The number of anilines is 1. The van der Waals surface area contributed by atoms with Crippen molar-refractivity contribution in [2.75, 3.05) is 46.4 Å². The maximum atomic E-state index is 14.2. The Balaban J connectivity index is 2.00. The number of methoxy groups -OCH3 is 2. The lowest BCUT2D eigenvalue weighted by molar-refractivity contribution is 0.132. The number of pyridine rings is 1. The molecule has 9 heteroatoms. The minimum atomic E-state index is -0.909. The zero-order valence-electron chi connectivity index (χ0n) is 16.6. The molecular weight excluding hydrogens is 398 g/mol. The first-order chi connectivity index (χ1) is 14.5. The molecule has 1 aromatic heterocycles. The number of nitrogens with two attached hydrogens (primary N) is 1. The SMILES string of the molecule is COCCOc1cc2nccc(Oc3c(F)cc(N)cc3F)c2cc1OCCOC. The fourth-order valence-electron chi connectivity index (χ4n) is 2.70. The van der Waals surface area contributed by atoms with Crippen molar-refractivity contribution in [3.8, 4) is 23.0 Å². The molecule has 2 aromatic carbocycles. The third kappa shape index (κ3) is 5.05. The van der Waals surface area contributed by atoms with E-state index >= 15 is 0 Å². The van der Waals surface area contributed by atoms with Gasteiger partial charge in [0.25, 0.3) is 0 Å². The fourth-order valence-corrected chi connectivity index (χ4v) is 2.70. The molecule has 0 saturated carbocycles. The van der Waals surface area contributed by atoms with Crippen molar-refractivity contribution in [2.24, 2.45) is 0 Å². The van der Waals surface area contributed by atoms with E-state index in [0.29, 0.717) is 42.2 Å². The van der Waals surface area contributed by atoms with Crippen LogP contribution in [0.4, 0.5) is 14.5 Å². The van der Waals surface area contributed by atoms with Crippen LogP contribution in [-0.2, 0) is 9.47 Å². The molecule has 0 amide bonds. The first kappa shape index (κ1) is 21.5. The van der Waals surface area contributed by atoms with Gasteiger partial charge in [0.05, 0.1) is 18.7 Å². The number of hydrogen-bond donors (Lipinski definition) is 1. The summed E-state index contributed by atoms with van der Waals surface area (Å²) < 4.78 is 55.4. The van der Waals surface area contributed by atoms with Gasteiger partial charge in [0.1, 0.15) is 19.0 Å². The van der Waals surface area contributed by atoms with Crippen LogP contribution in [0.1, 0.15) is 0 Å². The molecule has 0 aliphatic rings. The van der Waals surface area contributed by atoms with Crippen LogP contribution < -0.4 is 19.9 Å². The smallest absolute Gasteiger partial charge is 0.198 e. The molecule has 160 valence electrons. The van der Waals surface area contributed by atoms with E-state index in [1.54, 1.807) is 26.4 Å².